The number of hydroxylamine groups is 1. The molecule has 1 aliphatic heterocycles. The van der Waals surface area contributed by atoms with Crippen molar-refractivity contribution in [2.75, 3.05) is 5.06 Å². The average molecular weight is 424 g/mol. The van der Waals surface area contributed by atoms with Gasteiger partial charge in [0, 0.05) is 6.54 Å². The minimum atomic E-state index is -0.338. The van der Waals surface area contributed by atoms with Crippen LogP contribution in [0.4, 0.5) is 5.82 Å². The number of aromatic nitrogens is 4. The molecule has 1 N–H and O–H groups in total. The molecular weight excluding hydrogens is 386 g/mol. The molecular formula is C25H37N5O. The Morgan fingerprint density at radius 3 is 2.74 bits per heavy atom. The second-order valence-corrected chi connectivity index (χ2v) is 12.2. The van der Waals surface area contributed by atoms with E-state index in [9.17, 15) is 5.21 Å². The lowest BCUT2D eigenvalue weighted by Crippen LogP contribution is -2.50. The van der Waals surface area contributed by atoms with E-state index in [0.29, 0.717) is 27.7 Å². The molecule has 2 aromatic rings. The van der Waals surface area contributed by atoms with Crippen molar-refractivity contribution in [2.45, 2.75) is 97.6 Å². The molecule has 0 aromatic carbocycles. The smallest absolute Gasteiger partial charge is 0.183 e. The van der Waals surface area contributed by atoms with Crippen LogP contribution in [0.5, 0.6) is 0 Å². The van der Waals surface area contributed by atoms with E-state index in [1.165, 1.54) is 56.3 Å². The molecule has 0 radical (unpaired) electrons. The highest BCUT2D eigenvalue weighted by molar-refractivity contribution is 5.83. The summed E-state index contributed by atoms with van der Waals surface area (Å²) in [5, 5.41) is 12.9. The van der Waals surface area contributed by atoms with Gasteiger partial charge in [-0.15, -0.1) is 0 Å². The Morgan fingerprint density at radius 2 is 1.90 bits per heavy atom. The van der Waals surface area contributed by atoms with Crippen molar-refractivity contribution >= 4 is 17.0 Å². The van der Waals surface area contributed by atoms with E-state index in [4.69, 9.17) is 0 Å². The van der Waals surface area contributed by atoms with Crippen LogP contribution in [0.3, 0.4) is 0 Å². The zero-order chi connectivity index (χ0) is 21.6. The van der Waals surface area contributed by atoms with Gasteiger partial charge in [0.2, 0.25) is 0 Å². The first-order valence-electron chi connectivity index (χ1n) is 12.4. The van der Waals surface area contributed by atoms with Crippen molar-refractivity contribution in [1.29, 1.82) is 0 Å². The normalized spacial score (nSPS) is 44.0. The quantitative estimate of drug-likeness (QED) is 0.696. The molecule has 0 saturated heterocycles. The molecule has 6 atom stereocenters. The van der Waals surface area contributed by atoms with E-state index in [1.54, 1.807) is 0 Å². The number of anilines is 1. The Kier molecular flexibility index (Phi) is 4.00. The fourth-order valence-corrected chi connectivity index (χ4v) is 8.31. The number of aryl methyl sites for hydroxylation is 1. The van der Waals surface area contributed by atoms with E-state index in [1.807, 2.05) is 6.33 Å². The SMILES string of the molecule is C[C@H]1CC[C@@]23C[C@]2(C)CCC[C@@H]3[C@@]1(C)CC[C@@]1(C)CCn2cnc3ncnc(c32)N1O. The molecule has 3 saturated carbocycles. The van der Waals surface area contributed by atoms with Crippen molar-refractivity contribution in [2.24, 2.45) is 28.1 Å². The number of hydrogen-bond acceptors (Lipinski definition) is 5. The molecule has 4 aliphatic rings. The molecule has 6 nitrogen and oxygen atoms in total. The van der Waals surface area contributed by atoms with Gasteiger partial charge in [-0.3, -0.25) is 5.21 Å². The minimum absolute atomic E-state index is 0.338. The van der Waals surface area contributed by atoms with Crippen LogP contribution in [0.25, 0.3) is 11.2 Å². The van der Waals surface area contributed by atoms with Crippen LogP contribution < -0.4 is 5.06 Å². The van der Waals surface area contributed by atoms with Crippen molar-refractivity contribution in [3.63, 3.8) is 0 Å². The molecule has 2 aromatic heterocycles. The van der Waals surface area contributed by atoms with Gasteiger partial charge < -0.3 is 4.57 Å². The largest absolute Gasteiger partial charge is 0.326 e. The van der Waals surface area contributed by atoms with Crippen LogP contribution in [-0.4, -0.2) is 30.3 Å². The van der Waals surface area contributed by atoms with Crippen LogP contribution in [0.2, 0.25) is 0 Å². The lowest BCUT2D eigenvalue weighted by molar-refractivity contribution is -0.0600. The van der Waals surface area contributed by atoms with Crippen molar-refractivity contribution in [3.05, 3.63) is 12.7 Å². The molecule has 3 aliphatic carbocycles. The predicted molar refractivity (Wildman–Crippen MR) is 121 cm³/mol. The molecule has 1 spiro atoms. The summed E-state index contributed by atoms with van der Waals surface area (Å²) >= 11 is 0. The van der Waals surface area contributed by atoms with Gasteiger partial charge in [-0.1, -0.05) is 27.2 Å². The first-order valence-corrected chi connectivity index (χ1v) is 12.4. The number of nitrogens with zero attached hydrogens (tertiary/aromatic N) is 5. The predicted octanol–water partition coefficient (Wildman–Crippen LogP) is 5.60. The maximum atomic E-state index is 11.4. The summed E-state index contributed by atoms with van der Waals surface area (Å²) in [4.78, 5) is 13.2. The lowest BCUT2D eigenvalue weighted by Gasteiger charge is -2.55. The first-order chi connectivity index (χ1) is 14.7. The van der Waals surface area contributed by atoms with E-state index in [2.05, 4.69) is 47.2 Å². The second kappa shape index (κ2) is 6.21. The molecule has 168 valence electrons. The van der Waals surface area contributed by atoms with Gasteiger partial charge >= 0.3 is 0 Å². The van der Waals surface area contributed by atoms with Crippen LogP contribution in [-0.2, 0) is 6.54 Å². The van der Waals surface area contributed by atoms with Crippen LogP contribution in [0, 0.1) is 28.1 Å². The molecule has 0 bridgehead atoms. The topological polar surface area (TPSA) is 67.1 Å². The number of imidazole rings is 1. The van der Waals surface area contributed by atoms with Crippen molar-refractivity contribution < 1.29 is 5.21 Å². The Hall–Kier alpha value is -1.69. The van der Waals surface area contributed by atoms with Gasteiger partial charge in [0.25, 0.3) is 0 Å². The average Bonchev–Trinajstić information content (AvgIpc) is 3.21. The highest BCUT2D eigenvalue weighted by Crippen LogP contribution is 2.80. The van der Waals surface area contributed by atoms with Crippen molar-refractivity contribution in [1.82, 2.24) is 19.5 Å². The maximum absolute atomic E-state index is 11.4. The Labute approximate surface area is 185 Å². The maximum Gasteiger partial charge on any atom is 0.183 e. The van der Waals surface area contributed by atoms with E-state index < -0.39 is 0 Å². The fourth-order valence-electron chi connectivity index (χ4n) is 8.31. The van der Waals surface area contributed by atoms with E-state index in [-0.39, 0.29) is 5.54 Å². The van der Waals surface area contributed by atoms with Crippen LogP contribution >= 0.6 is 0 Å². The molecule has 0 amide bonds. The van der Waals surface area contributed by atoms with Crippen LogP contribution in [0.1, 0.15) is 85.5 Å². The molecule has 6 rings (SSSR count). The monoisotopic (exact) mass is 423 g/mol. The molecule has 3 fully saturated rings. The Morgan fingerprint density at radius 1 is 1.06 bits per heavy atom. The van der Waals surface area contributed by atoms with E-state index >= 15 is 0 Å². The summed E-state index contributed by atoms with van der Waals surface area (Å²) in [5.74, 6) is 2.19. The second-order valence-electron chi connectivity index (χ2n) is 12.2. The summed E-state index contributed by atoms with van der Waals surface area (Å²) in [6.07, 6.45) is 14.9. The highest BCUT2D eigenvalue weighted by atomic mass is 16.5. The van der Waals surface area contributed by atoms with Gasteiger partial charge in [0.15, 0.2) is 11.5 Å². The Bertz CT molecular complexity index is 1040. The first kappa shape index (κ1) is 20.0. The van der Waals surface area contributed by atoms with Crippen molar-refractivity contribution in [3.8, 4) is 0 Å². The third-order valence-corrected chi connectivity index (χ3v) is 10.8. The van der Waals surface area contributed by atoms with Gasteiger partial charge in [0.05, 0.1) is 11.9 Å². The number of rotatable bonds is 3. The fraction of sp³-hybridized carbons (Fsp3) is 0.800. The van der Waals surface area contributed by atoms with E-state index in [0.717, 1.165) is 36.7 Å². The number of hydrogen-bond donors (Lipinski definition) is 1. The molecule has 3 heterocycles. The summed E-state index contributed by atoms with van der Waals surface area (Å²) in [6, 6.07) is 0. The third kappa shape index (κ3) is 2.51. The molecule has 6 heteroatoms. The van der Waals surface area contributed by atoms with Crippen LogP contribution in [0.15, 0.2) is 12.7 Å². The Balaban J connectivity index is 1.29. The molecule has 31 heavy (non-hydrogen) atoms. The van der Waals surface area contributed by atoms with Gasteiger partial charge in [-0.05, 0) is 86.4 Å². The summed E-state index contributed by atoms with van der Waals surface area (Å²) in [5.41, 5.74) is 2.75. The van der Waals surface area contributed by atoms with Gasteiger partial charge in [-0.2, -0.15) is 0 Å². The summed E-state index contributed by atoms with van der Waals surface area (Å²) < 4.78 is 2.11. The zero-order valence-corrected chi connectivity index (χ0v) is 19.6. The summed E-state index contributed by atoms with van der Waals surface area (Å²) in [7, 11) is 0. The zero-order valence-electron chi connectivity index (χ0n) is 19.6. The standard InChI is InChI=1S/C25H37N5O/c1-17-7-9-25-14-22(25,2)8-5-6-18(25)24(17,4)11-10-23(3)12-13-29-16-28-20-19(29)21(30(23)31)27-15-26-20/h15-18,31H,5-14H2,1-4H3/t17-,18+,22-,23-,24-,25-/m0/s1. The molecule has 0 unspecified atom stereocenters. The lowest BCUT2D eigenvalue weighted by atomic mass is 9.50. The highest BCUT2D eigenvalue weighted by Gasteiger charge is 2.72. The third-order valence-electron chi connectivity index (χ3n) is 10.8. The minimum Gasteiger partial charge on any atom is -0.326 e. The van der Waals surface area contributed by atoms with Gasteiger partial charge in [-0.25, -0.2) is 20.0 Å². The van der Waals surface area contributed by atoms with Gasteiger partial charge in [0.1, 0.15) is 11.8 Å². The summed E-state index contributed by atoms with van der Waals surface area (Å²) in [6.45, 7) is 10.7.